The van der Waals surface area contributed by atoms with Crippen molar-refractivity contribution >= 4 is 11.7 Å². The molecule has 4 fully saturated rings. The Bertz CT molecular complexity index is 900. The van der Waals surface area contributed by atoms with Gasteiger partial charge in [0.2, 0.25) is 5.91 Å². The minimum atomic E-state index is -0.886. The second-order valence-corrected chi connectivity index (χ2v) is 13.2. The lowest BCUT2D eigenvalue weighted by atomic mass is 9.42. The number of carbonyl (C=O) groups excluding carboxylic acids is 2. The van der Waals surface area contributed by atoms with Crippen LogP contribution >= 0.6 is 0 Å². The number of hydrogen-bond donors (Lipinski definition) is 3. The van der Waals surface area contributed by atoms with Crippen LogP contribution in [0, 0.1) is 34.5 Å². The van der Waals surface area contributed by atoms with Crippen LogP contribution in [0.1, 0.15) is 91.9 Å². The van der Waals surface area contributed by atoms with Gasteiger partial charge in [-0.1, -0.05) is 19.4 Å². The van der Waals surface area contributed by atoms with Gasteiger partial charge < -0.3 is 20.3 Å². The Balaban J connectivity index is 1.32. The van der Waals surface area contributed by atoms with Crippen molar-refractivity contribution in [1.29, 1.82) is 0 Å². The van der Waals surface area contributed by atoms with Crippen LogP contribution < -0.4 is 5.32 Å². The highest BCUT2D eigenvalue weighted by Crippen LogP contribution is 2.70. The molecule has 6 nitrogen and oxygen atoms in total. The third-order valence-electron chi connectivity index (χ3n) is 11.3. The van der Waals surface area contributed by atoms with Crippen molar-refractivity contribution in [3.63, 3.8) is 0 Å². The molecular formula is C29H45NO5. The van der Waals surface area contributed by atoms with Gasteiger partial charge in [-0.2, -0.15) is 0 Å². The minimum Gasteiger partial charge on any atom is -0.392 e. The van der Waals surface area contributed by atoms with Crippen LogP contribution in [0.5, 0.6) is 0 Å². The lowest BCUT2D eigenvalue weighted by molar-refractivity contribution is -0.245. The first-order valence-electron chi connectivity index (χ1n) is 14.0. The number of rotatable bonds is 5. The predicted octanol–water partition coefficient (Wildman–Crippen LogP) is 3.93. The van der Waals surface area contributed by atoms with E-state index in [9.17, 15) is 19.8 Å². The van der Waals surface area contributed by atoms with E-state index in [1.54, 1.807) is 6.08 Å². The maximum atomic E-state index is 12.4. The van der Waals surface area contributed by atoms with Gasteiger partial charge in [-0.3, -0.25) is 9.59 Å². The van der Waals surface area contributed by atoms with E-state index in [1.165, 1.54) is 0 Å². The zero-order valence-electron chi connectivity index (χ0n) is 22.0. The summed E-state index contributed by atoms with van der Waals surface area (Å²) < 4.78 is 6.04. The van der Waals surface area contributed by atoms with Gasteiger partial charge in [0.1, 0.15) is 6.61 Å². The smallest absolute Gasteiger partial charge is 0.246 e. The second kappa shape index (κ2) is 8.95. The summed E-state index contributed by atoms with van der Waals surface area (Å²) in [7, 11) is 0. The Labute approximate surface area is 210 Å². The van der Waals surface area contributed by atoms with Gasteiger partial charge in [0, 0.05) is 17.9 Å². The summed E-state index contributed by atoms with van der Waals surface area (Å²) in [5.41, 5.74) is -0.243. The Kier molecular flexibility index (Phi) is 6.50. The lowest BCUT2D eigenvalue weighted by Gasteiger charge is -2.65. The van der Waals surface area contributed by atoms with Crippen molar-refractivity contribution in [2.24, 2.45) is 34.5 Å². The summed E-state index contributed by atoms with van der Waals surface area (Å²) in [4.78, 5) is 24.0. The van der Waals surface area contributed by atoms with Crippen LogP contribution in [-0.2, 0) is 14.3 Å². The number of amides is 1. The predicted molar refractivity (Wildman–Crippen MR) is 133 cm³/mol. The van der Waals surface area contributed by atoms with Crippen LogP contribution in [-0.4, -0.2) is 52.4 Å². The summed E-state index contributed by atoms with van der Waals surface area (Å²) in [5.74, 6) is 1.20. The Morgan fingerprint density at radius 2 is 1.89 bits per heavy atom. The van der Waals surface area contributed by atoms with Gasteiger partial charge in [0.15, 0.2) is 5.78 Å². The summed E-state index contributed by atoms with van der Waals surface area (Å²) in [6.45, 7) is 8.53. The highest BCUT2D eigenvalue weighted by Gasteiger charge is 2.70. The fourth-order valence-corrected chi connectivity index (χ4v) is 9.36. The number of carbonyl (C=O) groups is 2. The third kappa shape index (κ3) is 3.93. The van der Waals surface area contributed by atoms with Gasteiger partial charge in [-0.05, 0) is 107 Å². The first-order valence-corrected chi connectivity index (χ1v) is 14.0. The standard InChI is InChI=1S/C29H45NO5/c1-17(2)30-26(33)16-35-21-9-11-27(3)19(14-21)6-8-23-24(27)15-25(32)28(4)22(10-12-29(23,28)34)18-5-7-20(31)13-18/h13,17,19,21-25,32,34H,5-12,14-16H2,1-4H3,(H,30,33)/t19-,21+,22-,23-,24+,25-,27+,28+,29+/m1/s1. The van der Waals surface area contributed by atoms with Crippen LogP contribution in [0.25, 0.3) is 0 Å². The van der Waals surface area contributed by atoms with Crippen LogP contribution in [0.3, 0.4) is 0 Å². The highest BCUT2D eigenvalue weighted by molar-refractivity contribution is 5.93. The molecule has 6 heteroatoms. The number of hydrogen-bond acceptors (Lipinski definition) is 5. The largest absolute Gasteiger partial charge is 0.392 e. The fourth-order valence-electron chi connectivity index (χ4n) is 9.36. The SMILES string of the molecule is CC(C)NC(=O)CO[C@H]1CC[C@@]2(C)[C@H](CC[C@@H]3[C@@H]2C[C@@H](O)[C@]2(C)[C@@H](C4=CC(=O)CC4)CC[C@]32O)C1. The maximum absolute atomic E-state index is 12.4. The van der Waals surface area contributed by atoms with Crippen molar-refractivity contribution in [1.82, 2.24) is 5.32 Å². The highest BCUT2D eigenvalue weighted by atomic mass is 16.5. The zero-order valence-corrected chi connectivity index (χ0v) is 22.0. The van der Waals surface area contributed by atoms with E-state index in [4.69, 9.17) is 4.74 Å². The van der Waals surface area contributed by atoms with E-state index in [0.29, 0.717) is 12.3 Å². The van der Waals surface area contributed by atoms with Crippen LogP contribution in [0.2, 0.25) is 0 Å². The molecule has 5 aliphatic rings. The average Bonchev–Trinajstić information content (AvgIpc) is 3.34. The van der Waals surface area contributed by atoms with Gasteiger partial charge in [-0.15, -0.1) is 0 Å². The molecule has 5 aliphatic carbocycles. The number of ether oxygens (including phenoxy) is 1. The molecule has 0 radical (unpaired) electrons. The number of nitrogens with one attached hydrogen (secondary N) is 1. The van der Waals surface area contributed by atoms with Crippen molar-refractivity contribution in [3.05, 3.63) is 11.6 Å². The minimum absolute atomic E-state index is 0.0520. The molecule has 35 heavy (non-hydrogen) atoms. The topological polar surface area (TPSA) is 95.9 Å². The molecule has 9 atom stereocenters. The summed E-state index contributed by atoms with van der Waals surface area (Å²) in [5, 5.41) is 26.9. The van der Waals surface area contributed by atoms with E-state index in [2.05, 4.69) is 19.2 Å². The van der Waals surface area contributed by atoms with E-state index < -0.39 is 17.1 Å². The van der Waals surface area contributed by atoms with Crippen molar-refractivity contribution < 1.29 is 24.5 Å². The molecule has 1 amide bonds. The summed E-state index contributed by atoms with van der Waals surface area (Å²) >= 11 is 0. The Morgan fingerprint density at radius 3 is 2.57 bits per heavy atom. The first-order chi connectivity index (χ1) is 16.5. The number of allylic oxidation sites excluding steroid dienone is 2. The fraction of sp³-hybridized carbons (Fsp3) is 0.862. The molecule has 5 rings (SSSR count). The molecular weight excluding hydrogens is 442 g/mol. The van der Waals surface area contributed by atoms with E-state index >= 15 is 0 Å². The van der Waals surface area contributed by atoms with Gasteiger partial charge in [-0.25, -0.2) is 0 Å². The zero-order chi connectivity index (χ0) is 25.2. The average molecular weight is 488 g/mol. The molecule has 0 heterocycles. The second-order valence-electron chi connectivity index (χ2n) is 13.2. The van der Waals surface area contributed by atoms with Crippen molar-refractivity contribution in [2.75, 3.05) is 6.61 Å². The lowest BCUT2D eigenvalue weighted by Crippen LogP contribution is -2.67. The molecule has 0 aromatic carbocycles. The maximum Gasteiger partial charge on any atom is 0.246 e. The Morgan fingerprint density at radius 1 is 1.11 bits per heavy atom. The monoisotopic (exact) mass is 487 g/mol. The van der Waals surface area contributed by atoms with E-state index in [-0.39, 0.29) is 53.6 Å². The van der Waals surface area contributed by atoms with Crippen LogP contribution in [0.4, 0.5) is 0 Å². The van der Waals surface area contributed by atoms with Crippen molar-refractivity contribution in [2.45, 2.75) is 116 Å². The molecule has 0 bridgehead atoms. The molecule has 0 aromatic heterocycles. The Hall–Kier alpha value is -1.24. The summed E-state index contributed by atoms with van der Waals surface area (Å²) in [6, 6.07) is 0.117. The quantitative estimate of drug-likeness (QED) is 0.546. The first kappa shape index (κ1) is 25.4. The molecule has 3 N–H and O–H groups in total. The summed E-state index contributed by atoms with van der Waals surface area (Å²) in [6.07, 6.45) is 9.95. The molecule has 0 spiro atoms. The van der Waals surface area contributed by atoms with Gasteiger partial charge in [0.05, 0.1) is 17.8 Å². The molecule has 0 saturated heterocycles. The van der Waals surface area contributed by atoms with Gasteiger partial charge in [0.25, 0.3) is 0 Å². The van der Waals surface area contributed by atoms with Crippen molar-refractivity contribution in [3.8, 4) is 0 Å². The molecule has 0 aliphatic heterocycles. The molecule has 0 aromatic rings. The number of ketones is 1. The number of aliphatic hydroxyl groups is 2. The van der Waals surface area contributed by atoms with Gasteiger partial charge >= 0.3 is 0 Å². The number of aliphatic hydroxyl groups excluding tert-OH is 1. The molecule has 4 saturated carbocycles. The molecule has 196 valence electrons. The third-order valence-corrected chi connectivity index (χ3v) is 11.3. The van der Waals surface area contributed by atoms with Crippen LogP contribution in [0.15, 0.2) is 11.6 Å². The van der Waals surface area contributed by atoms with E-state index in [1.807, 2.05) is 13.8 Å². The normalized spacial score (nSPS) is 47.2. The van der Waals surface area contributed by atoms with E-state index in [0.717, 1.165) is 63.4 Å². The number of fused-ring (bicyclic) bond motifs is 5. The molecule has 0 unspecified atom stereocenters.